The van der Waals surface area contributed by atoms with Crippen molar-refractivity contribution >= 4 is 93.2 Å². The fraction of sp³-hybridized carbons (Fsp3) is 0.520. The summed E-state index contributed by atoms with van der Waals surface area (Å²) in [7, 11) is 8.50. The van der Waals surface area contributed by atoms with E-state index in [0.29, 0.717) is 9.81 Å². The molecule has 20 heteroatoms. The van der Waals surface area contributed by atoms with Crippen LogP contribution in [0.4, 0.5) is 19.2 Å². The molecule has 45 heavy (non-hydrogen) atoms. The first-order valence-corrected chi connectivity index (χ1v) is 14.8. The maximum atomic E-state index is 11.0. The zero-order valence-corrected chi connectivity index (χ0v) is 29.4. The number of hydrogen-bond acceptors (Lipinski definition) is 12. The predicted octanol–water partition coefficient (Wildman–Crippen LogP) is 1.22. The van der Waals surface area contributed by atoms with Crippen molar-refractivity contribution in [2.45, 2.75) is 7.43 Å². The smallest absolute Gasteiger partial charge is 0.406 e. The first-order valence-electron chi connectivity index (χ1n) is 13.1. The molecular formula is C25H44I2N6O12. The number of rotatable bonds is 6. The summed E-state index contributed by atoms with van der Waals surface area (Å²) in [5, 5.41) is 9.00. The highest BCUT2D eigenvalue weighted by Gasteiger charge is 2.23. The van der Waals surface area contributed by atoms with Crippen molar-refractivity contribution in [1.82, 2.24) is 31.1 Å². The highest BCUT2D eigenvalue weighted by molar-refractivity contribution is 14.1. The summed E-state index contributed by atoms with van der Waals surface area (Å²) in [6, 6.07) is 0. The van der Waals surface area contributed by atoms with E-state index in [9.17, 15) is 38.4 Å². The number of ether oxygens (including phenoxy) is 4. The van der Waals surface area contributed by atoms with Gasteiger partial charge in [-0.15, -0.1) is 0 Å². The van der Waals surface area contributed by atoms with Crippen molar-refractivity contribution in [2.75, 3.05) is 78.5 Å². The van der Waals surface area contributed by atoms with E-state index in [1.165, 1.54) is 66.7 Å². The lowest BCUT2D eigenvalue weighted by molar-refractivity contribution is -0.138. The number of amides is 8. The number of imide groups is 2. The molecule has 18 nitrogen and oxygen atoms in total. The maximum absolute atomic E-state index is 11.0. The largest absolute Gasteiger partial charge is 0.453 e. The summed E-state index contributed by atoms with van der Waals surface area (Å²) in [5.74, 6) is -1.52. The minimum Gasteiger partial charge on any atom is -0.453 e. The van der Waals surface area contributed by atoms with E-state index in [4.69, 9.17) is 2.74 Å². The Hall–Kier alpha value is -3.70. The molecule has 260 valence electrons. The standard InChI is InChI=1S/2C8H10N2O4.2C3H7NO2.2CH3I.CH4/c2*1-9-8(13)14-5-4-10-6(11)2-3-7(10)12;2*1-4-3(5)6-2;2*1-2;/h2*2-3H,4-5H2,1H3,(H,9,13);2*1-2H3,(H,4,5);2*1H3;1H4/i;;;;2*1D;. The molecule has 0 spiro atoms. The molecule has 2 aliphatic rings. The van der Waals surface area contributed by atoms with Gasteiger partial charge in [-0.05, 0) is 9.81 Å². The van der Waals surface area contributed by atoms with Crippen LogP contribution in [0.2, 0.25) is 0 Å². The molecule has 0 unspecified atom stereocenters. The highest BCUT2D eigenvalue weighted by atomic mass is 127. The second-order valence-electron chi connectivity index (χ2n) is 6.58. The Bertz CT molecular complexity index is 897. The van der Waals surface area contributed by atoms with E-state index in [1.54, 1.807) is 0 Å². The van der Waals surface area contributed by atoms with Gasteiger partial charge in [0.25, 0.3) is 23.6 Å². The molecule has 0 bridgehead atoms. The number of carbonyl (C=O) groups is 8. The van der Waals surface area contributed by atoms with E-state index in [0.717, 1.165) is 9.80 Å². The van der Waals surface area contributed by atoms with Gasteiger partial charge in [-0.3, -0.25) is 29.0 Å². The van der Waals surface area contributed by atoms with Crippen molar-refractivity contribution < 1.29 is 60.0 Å². The number of hydrogen-bond donors (Lipinski definition) is 4. The van der Waals surface area contributed by atoms with Crippen molar-refractivity contribution in [3.8, 4) is 0 Å². The summed E-state index contributed by atoms with van der Waals surface area (Å²) in [6.07, 6.45) is 2.74. The molecule has 2 heterocycles. The number of carbonyl (C=O) groups excluding carboxylic acids is 8. The maximum Gasteiger partial charge on any atom is 0.406 e. The Kier molecular flexibility index (Phi) is 35.3. The Morgan fingerprint density at radius 3 is 1.00 bits per heavy atom. The third kappa shape index (κ3) is 27.6. The normalized spacial score (nSPS) is 11.9. The number of nitrogens with one attached hydrogen (secondary N) is 4. The van der Waals surface area contributed by atoms with E-state index in [-0.39, 0.29) is 57.4 Å². The molecule has 0 saturated carbocycles. The molecule has 2 rings (SSSR count). The van der Waals surface area contributed by atoms with Crippen LogP contribution in [0.25, 0.3) is 0 Å². The van der Waals surface area contributed by atoms with Gasteiger partial charge in [-0.25, -0.2) is 19.2 Å². The summed E-state index contributed by atoms with van der Waals surface area (Å²) < 4.78 is 29.9. The van der Waals surface area contributed by atoms with Gasteiger partial charge in [0, 0.05) is 55.2 Å². The van der Waals surface area contributed by atoms with Crippen LogP contribution < -0.4 is 21.3 Å². The summed E-state index contributed by atoms with van der Waals surface area (Å²) >= 11 is 3.91. The van der Waals surface area contributed by atoms with Crippen LogP contribution in [0.5, 0.6) is 0 Å². The molecular weight excluding hydrogens is 830 g/mol. The number of methoxy groups -OCH3 is 2. The van der Waals surface area contributed by atoms with E-state index >= 15 is 0 Å². The number of alkyl carbamates (subject to hydrolysis) is 4. The summed E-state index contributed by atoms with van der Waals surface area (Å²) in [6.45, 7) is 0.161. The first-order chi connectivity index (χ1) is 21.7. The molecule has 0 aliphatic carbocycles. The van der Waals surface area contributed by atoms with Crippen LogP contribution in [-0.2, 0) is 38.1 Å². The Morgan fingerprint density at radius 2 is 0.844 bits per heavy atom. The van der Waals surface area contributed by atoms with Crippen molar-refractivity contribution in [3.05, 3.63) is 24.3 Å². The van der Waals surface area contributed by atoms with Gasteiger partial charge in [-0.2, -0.15) is 0 Å². The molecule has 4 N–H and O–H groups in total. The monoisotopic (exact) mass is 876 g/mol. The minimum absolute atomic E-state index is 0. The van der Waals surface area contributed by atoms with Gasteiger partial charge in [0.05, 0.1) is 27.3 Å². The lowest BCUT2D eigenvalue weighted by Crippen LogP contribution is -2.34. The van der Waals surface area contributed by atoms with Gasteiger partial charge in [0.2, 0.25) is 0 Å². The second kappa shape index (κ2) is 34.8. The minimum atomic E-state index is -0.586. The van der Waals surface area contributed by atoms with Crippen LogP contribution in [-0.4, -0.2) is 136 Å². The van der Waals surface area contributed by atoms with E-state index < -0.39 is 24.4 Å². The Morgan fingerprint density at radius 1 is 0.622 bits per heavy atom. The SMILES string of the molecule is C.CNC(=O)OC.CNC(=O)OC.CNC(=O)OCCN1C(=O)C=CC1=O.CNC(=O)OCCN1C(=O)C=CC1=O.[2H]CI.[2H]CI. The van der Waals surface area contributed by atoms with Gasteiger partial charge in [0.1, 0.15) is 13.2 Å². The average molecular weight is 876 g/mol. The van der Waals surface area contributed by atoms with Crippen LogP contribution in [0.15, 0.2) is 24.3 Å². The quantitative estimate of drug-likeness (QED) is 0.128. The second-order valence-corrected chi connectivity index (χ2v) is 6.58. The number of alkyl halides is 2. The lowest BCUT2D eigenvalue weighted by Gasteiger charge is -2.13. The molecule has 0 aromatic carbocycles. The summed E-state index contributed by atoms with van der Waals surface area (Å²) in [5.41, 5.74) is 0. The molecule has 0 saturated heterocycles. The van der Waals surface area contributed by atoms with Gasteiger partial charge in [0.15, 0.2) is 0 Å². The molecule has 8 amide bonds. The van der Waals surface area contributed by atoms with Gasteiger partial charge < -0.3 is 40.2 Å². The zero-order chi connectivity index (χ0) is 36.5. The molecule has 2 aliphatic heterocycles. The molecule has 0 aromatic rings. The molecule has 0 aromatic heterocycles. The first kappa shape index (κ1) is 45.7. The van der Waals surface area contributed by atoms with Crippen molar-refractivity contribution in [2.24, 2.45) is 0 Å². The third-order valence-electron chi connectivity index (χ3n) is 4.08. The van der Waals surface area contributed by atoms with Gasteiger partial charge >= 0.3 is 24.4 Å². The highest BCUT2D eigenvalue weighted by Crippen LogP contribution is 2.03. The average Bonchev–Trinajstić information content (AvgIpc) is 3.55. The van der Waals surface area contributed by atoms with Gasteiger partial charge in [-0.1, -0.05) is 52.6 Å². The van der Waals surface area contributed by atoms with Crippen LogP contribution in [0.1, 0.15) is 10.2 Å². The Balaban J connectivity index is -0.000000166. The van der Waals surface area contributed by atoms with E-state index in [2.05, 4.69) is 40.2 Å². The Labute approximate surface area is 293 Å². The van der Waals surface area contributed by atoms with Crippen LogP contribution >= 0.6 is 45.2 Å². The van der Waals surface area contributed by atoms with Crippen molar-refractivity contribution in [1.29, 1.82) is 0 Å². The topological polar surface area (TPSA) is 228 Å². The molecule has 0 atom stereocenters. The lowest BCUT2D eigenvalue weighted by atomic mass is 10.5. The zero-order valence-electron chi connectivity index (χ0n) is 27.1. The fourth-order valence-corrected chi connectivity index (χ4v) is 2.11. The fourth-order valence-electron chi connectivity index (χ4n) is 2.11. The third-order valence-corrected chi connectivity index (χ3v) is 4.08. The predicted molar refractivity (Wildman–Crippen MR) is 182 cm³/mol. The van der Waals surface area contributed by atoms with Crippen LogP contribution in [0, 0.1) is 0 Å². The number of halogens is 2. The molecule has 0 fully saturated rings. The van der Waals surface area contributed by atoms with Crippen molar-refractivity contribution in [3.63, 3.8) is 0 Å². The van der Waals surface area contributed by atoms with Crippen LogP contribution in [0.3, 0.4) is 0 Å². The number of nitrogens with zero attached hydrogens (tertiary/aromatic N) is 2. The molecule has 0 radical (unpaired) electrons. The van der Waals surface area contributed by atoms with E-state index in [1.807, 2.05) is 45.2 Å². The summed E-state index contributed by atoms with van der Waals surface area (Å²) in [4.78, 5) is 87.8.